The topological polar surface area (TPSA) is 57.2 Å². The fourth-order valence-electron chi connectivity index (χ4n) is 1.82. The normalized spacial score (nSPS) is 17.2. The van der Waals surface area contributed by atoms with Gasteiger partial charge in [-0.05, 0) is 79.5 Å². The van der Waals surface area contributed by atoms with Crippen LogP contribution in [0.15, 0.2) is 22.9 Å². The van der Waals surface area contributed by atoms with Gasteiger partial charge in [-0.15, -0.1) is 4.72 Å². The quantitative estimate of drug-likeness (QED) is 0.372. The lowest BCUT2D eigenvalue weighted by molar-refractivity contribution is 0.198. The average molecular weight is 450 g/mol. The van der Waals surface area contributed by atoms with E-state index in [1.807, 2.05) is 39.8 Å². The lowest BCUT2D eigenvalue weighted by Crippen LogP contribution is -2.54. The zero-order valence-electron chi connectivity index (χ0n) is 17.0. The Morgan fingerprint density at radius 1 is 1.20 bits per heavy atom. The fourth-order valence-corrected chi connectivity index (χ4v) is 4.16. The molecule has 0 bridgehead atoms. The molecule has 4 nitrogen and oxygen atoms in total. The van der Waals surface area contributed by atoms with Gasteiger partial charge in [0.15, 0.2) is 8.32 Å². The van der Waals surface area contributed by atoms with E-state index in [0.29, 0.717) is 6.61 Å². The van der Waals surface area contributed by atoms with Gasteiger partial charge < -0.3 is 8.98 Å². The highest BCUT2D eigenvalue weighted by Crippen LogP contribution is 2.38. The van der Waals surface area contributed by atoms with Crippen LogP contribution in [-0.4, -0.2) is 29.2 Å². The van der Waals surface area contributed by atoms with Crippen molar-refractivity contribution in [1.82, 2.24) is 9.71 Å². The van der Waals surface area contributed by atoms with Crippen molar-refractivity contribution in [3.05, 3.63) is 28.5 Å². The summed E-state index contributed by atoms with van der Waals surface area (Å²) in [6.45, 7) is 19.5. The number of pyridine rings is 1. The van der Waals surface area contributed by atoms with Crippen molar-refractivity contribution in [3.63, 3.8) is 0 Å². The van der Waals surface area contributed by atoms with Gasteiger partial charge in [0.05, 0.1) is 6.61 Å². The van der Waals surface area contributed by atoms with Gasteiger partial charge in [-0.2, -0.15) is 0 Å². The summed E-state index contributed by atoms with van der Waals surface area (Å²) in [6.07, 6.45) is 1.76. The smallest absolute Gasteiger partial charge is 0.192 e. The highest BCUT2D eigenvalue weighted by atomic mass is 79.9. The van der Waals surface area contributed by atoms with Crippen LogP contribution in [0.2, 0.25) is 18.1 Å². The Morgan fingerprint density at radius 2 is 1.76 bits per heavy atom. The minimum atomic E-state index is -1.92. The first-order chi connectivity index (χ1) is 11.1. The van der Waals surface area contributed by atoms with E-state index in [0.717, 1.165) is 10.2 Å². The van der Waals surface area contributed by atoms with E-state index in [9.17, 15) is 4.55 Å². The van der Waals surface area contributed by atoms with E-state index in [2.05, 4.69) is 59.5 Å². The number of hydrogen-bond donors (Lipinski definition) is 1. The predicted octanol–water partition coefficient (Wildman–Crippen LogP) is 5.13. The minimum Gasteiger partial charge on any atom is -0.598 e. The summed E-state index contributed by atoms with van der Waals surface area (Å²) < 4.78 is 23.0. The number of rotatable bonds is 6. The van der Waals surface area contributed by atoms with Gasteiger partial charge in [0.2, 0.25) is 0 Å². The van der Waals surface area contributed by atoms with Crippen LogP contribution in [-0.2, 0) is 21.3 Å². The van der Waals surface area contributed by atoms with Gasteiger partial charge in [-0.3, -0.25) is 0 Å². The second-order valence-electron chi connectivity index (χ2n) is 9.23. The van der Waals surface area contributed by atoms with Crippen LogP contribution in [0.4, 0.5) is 0 Å². The van der Waals surface area contributed by atoms with Crippen molar-refractivity contribution in [2.24, 2.45) is 0 Å². The van der Waals surface area contributed by atoms with E-state index in [-0.39, 0.29) is 9.79 Å². The summed E-state index contributed by atoms with van der Waals surface area (Å²) in [4.78, 5) is 4.21. The third kappa shape index (κ3) is 6.32. The van der Waals surface area contributed by atoms with Crippen molar-refractivity contribution in [1.29, 1.82) is 0 Å². The molecule has 2 unspecified atom stereocenters. The number of nitrogens with zero attached hydrogens (tertiary/aromatic N) is 1. The van der Waals surface area contributed by atoms with Crippen molar-refractivity contribution in [2.45, 2.75) is 76.9 Å². The maximum atomic E-state index is 12.8. The molecule has 1 aromatic heterocycles. The summed E-state index contributed by atoms with van der Waals surface area (Å²) in [7, 11) is -1.92. The molecule has 2 atom stereocenters. The highest BCUT2D eigenvalue weighted by Gasteiger charge is 2.42. The van der Waals surface area contributed by atoms with E-state index < -0.39 is 25.2 Å². The Balaban J connectivity index is 3.16. The molecule has 144 valence electrons. The van der Waals surface area contributed by atoms with Gasteiger partial charge in [-0.1, -0.05) is 20.8 Å². The third-order valence-electron chi connectivity index (χ3n) is 4.77. The molecule has 1 heterocycles. The number of nitrogens with one attached hydrogen (secondary N) is 1. The van der Waals surface area contributed by atoms with Gasteiger partial charge in [-0.25, -0.2) is 4.98 Å². The first-order valence-corrected chi connectivity index (χ1v) is 13.4. The summed E-state index contributed by atoms with van der Waals surface area (Å²) in [5.74, 6) is 0. The van der Waals surface area contributed by atoms with Gasteiger partial charge in [0.1, 0.15) is 14.9 Å². The average Bonchev–Trinajstić information content (AvgIpc) is 2.43. The molecule has 1 aromatic rings. The summed E-state index contributed by atoms with van der Waals surface area (Å²) in [5, 5.41) is 0.121. The zero-order valence-corrected chi connectivity index (χ0v) is 20.4. The molecule has 0 aliphatic rings. The maximum Gasteiger partial charge on any atom is 0.192 e. The Labute approximate surface area is 166 Å². The molecule has 0 radical (unpaired) electrons. The lowest BCUT2D eigenvalue weighted by Gasteiger charge is -2.41. The van der Waals surface area contributed by atoms with E-state index >= 15 is 0 Å². The third-order valence-corrected chi connectivity index (χ3v) is 11.4. The summed E-state index contributed by atoms with van der Waals surface area (Å²) in [6, 6.07) is 3.91. The van der Waals surface area contributed by atoms with Crippen LogP contribution in [0.25, 0.3) is 0 Å². The molecule has 1 N–H and O–H groups in total. The minimum absolute atomic E-state index is 0.121. The number of aromatic nitrogens is 1. The second-order valence-corrected chi connectivity index (χ2v) is 16.8. The van der Waals surface area contributed by atoms with Crippen LogP contribution in [0.5, 0.6) is 0 Å². The molecule has 0 aromatic carbocycles. The Morgan fingerprint density at radius 3 is 2.20 bits per heavy atom. The Hall–Kier alpha value is 0.0769. The van der Waals surface area contributed by atoms with Crippen molar-refractivity contribution >= 4 is 35.6 Å². The monoisotopic (exact) mass is 448 g/mol. The van der Waals surface area contributed by atoms with Crippen molar-refractivity contribution in [2.75, 3.05) is 6.61 Å². The Kier molecular flexibility index (Phi) is 7.38. The van der Waals surface area contributed by atoms with Gasteiger partial charge in [0, 0.05) is 17.6 Å². The number of halogens is 1. The van der Waals surface area contributed by atoms with Crippen LogP contribution < -0.4 is 4.72 Å². The SMILES string of the molecule is CC(CO[Si](C)(C)C(C)(C)C)(N[S+]([O-])C(C)(C)C)c1ccnc(Br)c1. The molecule has 25 heavy (non-hydrogen) atoms. The van der Waals surface area contributed by atoms with Crippen molar-refractivity contribution < 1.29 is 8.98 Å². The number of hydrogen-bond acceptors (Lipinski definition) is 4. The van der Waals surface area contributed by atoms with Crippen LogP contribution in [0.3, 0.4) is 0 Å². The lowest BCUT2D eigenvalue weighted by atomic mass is 9.95. The zero-order chi connectivity index (χ0) is 19.7. The Bertz CT molecular complexity index is 587. The molecule has 0 spiro atoms. The molecule has 0 aliphatic heterocycles. The van der Waals surface area contributed by atoms with Gasteiger partial charge >= 0.3 is 0 Å². The first kappa shape index (κ1) is 23.1. The standard InChI is InChI=1S/C18H33BrN2O2SSi/c1-16(2,3)24(22)21-18(7,14-10-11-20-15(19)12-14)13-23-25(8,9)17(4,5)6/h10-12,21H,13H2,1-9H3. The molecule has 7 heteroatoms. The maximum absolute atomic E-state index is 12.8. The van der Waals surface area contributed by atoms with Crippen molar-refractivity contribution in [3.8, 4) is 0 Å². The van der Waals surface area contributed by atoms with E-state index in [1.165, 1.54) is 0 Å². The molecule has 0 fully saturated rings. The van der Waals surface area contributed by atoms with E-state index in [4.69, 9.17) is 4.43 Å². The molecule has 0 amide bonds. The predicted molar refractivity (Wildman–Crippen MR) is 113 cm³/mol. The van der Waals surface area contributed by atoms with Crippen LogP contribution in [0.1, 0.15) is 54.0 Å². The molecule has 0 saturated carbocycles. The summed E-state index contributed by atoms with van der Waals surface area (Å²) >= 11 is 2.22. The van der Waals surface area contributed by atoms with E-state index in [1.54, 1.807) is 6.20 Å². The largest absolute Gasteiger partial charge is 0.598 e. The highest BCUT2D eigenvalue weighted by molar-refractivity contribution is 9.10. The molecule has 0 saturated heterocycles. The molecule has 1 rings (SSSR count). The van der Waals surface area contributed by atoms with Gasteiger partial charge in [0.25, 0.3) is 0 Å². The second kappa shape index (κ2) is 7.98. The molecule has 0 aliphatic carbocycles. The van der Waals surface area contributed by atoms with Crippen LogP contribution >= 0.6 is 15.9 Å². The molecular formula is C18H33BrN2O2SSi. The molecular weight excluding hydrogens is 416 g/mol. The fraction of sp³-hybridized carbons (Fsp3) is 0.722. The van der Waals surface area contributed by atoms with Crippen LogP contribution in [0, 0.1) is 0 Å². The summed E-state index contributed by atoms with van der Waals surface area (Å²) in [5.41, 5.74) is 0.435. The first-order valence-electron chi connectivity index (χ1n) is 8.54.